The van der Waals surface area contributed by atoms with Gasteiger partial charge in [-0.25, -0.2) is 4.39 Å². The van der Waals surface area contributed by atoms with Gasteiger partial charge in [0.2, 0.25) is 0 Å². The first-order valence-electron chi connectivity index (χ1n) is 6.12. The summed E-state index contributed by atoms with van der Waals surface area (Å²) >= 11 is 0. The normalized spacial score (nSPS) is 14.2. The Bertz CT molecular complexity index is 255. The minimum atomic E-state index is 0.340. The molecule has 0 aromatic carbocycles. The lowest BCUT2D eigenvalue weighted by molar-refractivity contribution is 0.628. The highest BCUT2D eigenvalue weighted by Gasteiger charge is 1.95. The van der Waals surface area contributed by atoms with E-state index < -0.39 is 0 Å². The minimum Gasteiger partial charge on any atom is -0.216 e. The molecular weight excluding hydrogens is 199 g/mol. The summed E-state index contributed by atoms with van der Waals surface area (Å²) in [5.74, 6) is 0.340. The third-order valence-corrected chi connectivity index (χ3v) is 2.61. The first-order valence-corrected chi connectivity index (χ1v) is 6.12. The molecule has 0 fully saturated rings. The maximum Gasteiger partial charge on any atom is 0.0829 e. The summed E-state index contributed by atoms with van der Waals surface area (Å²) in [6.07, 6.45) is 11.2. The summed E-state index contributed by atoms with van der Waals surface area (Å²) < 4.78 is 11.9. The van der Waals surface area contributed by atoms with E-state index in [0.717, 1.165) is 25.7 Å². The Hall–Kier alpha value is -0.850. The predicted molar refractivity (Wildman–Crippen MR) is 71.1 cm³/mol. The van der Waals surface area contributed by atoms with Crippen LogP contribution in [0.5, 0.6) is 0 Å². The average Bonchev–Trinajstić information content (AvgIpc) is 2.17. The number of hydrogen-bond acceptors (Lipinski definition) is 0. The molecule has 0 heterocycles. The van der Waals surface area contributed by atoms with Gasteiger partial charge in [0, 0.05) is 0 Å². The van der Waals surface area contributed by atoms with E-state index in [9.17, 15) is 4.39 Å². The van der Waals surface area contributed by atoms with Crippen LogP contribution in [0.4, 0.5) is 4.39 Å². The number of halogens is 1. The van der Waals surface area contributed by atoms with E-state index >= 15 is 0 Å². The van der Waals surface area contributed by atoms with E-state index in [-0.39, 0.29) is 0 Å². The minimum absolute atomic E-state index is 0.340. The van der Waals surface area contributed by atoms with E-state index in [1.165, 1.54) is 11.1 Å². The molecule has 0 aromatic rings. The zero-order valence-corrected chi connectivity index (χ0v) is 11.1. The third kappa shape index (κ3) is 9.70. The second kappa shape index (κ2) is 9.38. The molecule has 0 aliphatic rings. The van der Waals surface area contributed by atoms with Crippen LogP contribution in [0.1, 0.15) is 53.4 Å². The van der Waals surface area contributed by atoms with E-state index in [4.69, 9.17) is 0 Å². The number of hydrogen-bond donors (Lipinski definition) is 0. The topological polar surface area (TPSA) is 0 Å². The molecule has 0 spiro atoms. The van der Waals surface area contributed by atoms with Gasteiger partial charge in [0.05, 0.1) is 6.33 Å². The molecule has 0 radical (unpaired) electrons. The summed E-state index contributed by atoms with van der Waals surface area (Å²) in [5, 5.41) is 0. The molecule has 0 amide bonds. The lowest BCUT2D eigenvalue weighted by Crippen LogP contribution is -1.88. The first kappa shape index (κ1) is 15.2. The second-order valence-corrected chi connectivity index (χ2v) is 4.74. The quantitative estimate of drug-likeness (QED) is 0.495. The Labute approximate surface area is 99.9 Å². The van der Waals surface area contributed by atoms with Crippen molar-refractivity contribution < 1.29 is 4.39 Å². The van der Waals surface area contributed by atoms with Crippen LogP contribution in [-0.4, -0.2) is 0 Å². The van der Waals surface area contributed by atoms with Gasteiger partial charge in [0.25, 0.3) is 0 Å². The van der Waals surface area contributed by atoms with E-state index in [1.807, 2.05) is 6.92 Å². The first-order chi connectivity index (χ1) is 7.56. The second-order valence-electron chi connectivity index (χ2n) is 4.74. The van der Waals surface area contributed by atoms with Crippen molar-refractivity contribution in [2.24, 2.45) is 5.92 Å². The van der Waals surface area contributed by atoms with Crippen LogP contribution in [0, 0.1) is 5.92 Å². The highest BCUT2D eigenvalue weighted by Crippen LogP contribution is 2.12. The van der Waals surface area contributed by atoms with E-state index in [0.29, 0.717) is 12.2 Å². The molecule has 1 atom stereocenters. The molecule has 0 saturated carbocycles. The summed E-state index contributed by atoms with van der Waals surface area (Å²) in [5.41, 5.74) is 2.82. The fourth-order valence-corrected chi connectivity index (χ4v) is 1.50. The molecule has 0 saturated heterocycles. The van der Waals surface area contributed by atoms with Crippen molar-refractivity contribution in [1.82, 2.24) is 0 Å². The van der Waals surface area contributed by atoms with Gasteiger partial charge in [-0.1, -0.05) is 36.3 Å². The Balaban J connectivity index is 3.74. The summed E-state index contributed by atoms with van der Waals surface area (Å²) in [4.78, 5) is 0. The van der Waals surface area contributed by atoms with Gasteiger partial charge in [-0.15, -0.1) is 0 Å². The standard InChI is InChI=1S/C15H25F/c1-13(2)7-5-8-14(3)9-6-10-15(4)11-12-16/h7,9,11-12,15H,5-6,8,10H2,1-4H3/b12-11-,14-9?. The Morgan fingerprint density at radius 1 is 1.12 bits per heavy atom. The molecule has 1 unspecified atom stereocenters. The number of allylic oxidation sites excluding steroid dienone is 5. The molecule has 0 nitrogen and oxygen atoms in total. The highest BCUT2D eigenvalue weighted by atomic mass is 19.1. The molecule has 1 heteroatoms. The molecule has 0 aliphatic carbocycles. The molecule has 0 aromatic heterocycles. The van der Waals surface area contributed by atoms with Crippen molar-refractivity contribution in [2.45, 2.75) is 53.4 Å². The smallest absolute Gasteiger partial charge is 0.0829 e. The summed E-state index contributed by atoms with van der Waals surface area (Å²) in [6, 6.07) is 0. The van der Waals surface area contributed by atoms with Crippen LogP contribution in [0.2, 0.25) is 0 Å². The van der Waals surface area contributed by atoms with Gasteiger partial charge in [0.1, 0.15) is 0 Å². The zero-order valence-electron chi connectivity index (χ0n) is 11.1. The van der Waals surface area contributed by atoms with Gasteiger partial charge < -0.3 is 0 Å². The van der Waals surface area contributed by atoms with Gasteiger partial charge in [-0.05, 0) is 52.4 Å². The fraction of sp³-hybridized carbons (Fsp3) is 0.600. The van der Waals surface area contributed by atoms with Crippen molar-refractivity contribution in [3.05, 3.63) is 35.7 Å². The van der Waals surface area contributed by atoms with Crippen LogP contribution in [0.3, 0.4) is 0 Å². The SMILES string of the molecule is CC(C)=CCCC(C)=CCCC(C)/C=C\F. The largest absolute Gasteiger partial charge is 0.216 e. The molecule has 0 bridgehead atoms. The Morgan fingerprint density at radius 3 is 2.38 bits per heavy atom. The lowest BCUT2D eigenvalue weighted by Gasteiger charge is -2.03. The van der Waals surface area contributed by atoms with E-state index in [1.54, 1.807) is 6.08 Å². The molecule has 0 N–H and O–H groups in total. The van der Waals surface area contributed by atoms with Crippen molar-refractivity contribution in [1.29, 1.82) is 0 Å². The van der Waals surface area contributed by atoms with E-state index in [2.05, 4.69) is 32.9 Å². The maximum absolute atomic E-state index is 11.9. The number of rotatable bonds is 7. The van der Waals surface area contributed by atoms with Gasteiger partial charge in [-0.3, -0.25) is 0 Å². The predicted octanol–water partition coefficient (Wildman–Crippen LogP) is 5.58. The van der Waals surface area contributed by atoms with Gasteiger partial charge in [0.15, 0.2) is 0 Å². The fourth-order valence-electron chi connectivity index (χ4n) is 1.50. The molecule has 16 heavy (non-hydrogen) atoms. The van der Waals surface area contributed by atoms with Gasteiger partial charge in [-0.2, -0.15) is 0 Å². The van der Waals surface area contributed by atoms with Crippen molar-refractivity contribution in [3.8, 4) is 0 Å². The van der Waals surface area contributed by atoms with Crippen molar-refractivity contribution >= 4 is 0 Å². The maximum atomic E-state index is 11.9. The van der Waals surface area contributed by atoms with Crippen LogP contribution >= 0.6 is 0 Å². The van der Waals surface area contributed by atoms with Crippen LogP contribution in [0.25, 0.3) is 0 Å². The molecule has 0 aliphatic heterocycles. The molecular formula is C15H25F. The third-order valence-electron chi connectivity index (χ3n) is 2.61. The monoisotopic (exact) mass is 224 g/mol. The van der Waals surface area contributed by atoms with Crippen LogP contribution < -0.4 is 0 Å². The lowest BCUT2D eigenvalue weighted by atomic mass is 10.0. The Kier molecular flexibility index (Phi) is 8.88. The summed E-state index contributed by atoms with van der Waals surface area (Å²) in [7, 11) is 0. The van der Waals surface area contributed by atoms with Crippen LogP contribution in [-0.2, 0) is 0 Å². The van der Waals surface area contributed by atoms with Gasteiger partial charge >= 0.3 is 0 Å². The Morgan fingerprint density at radius 2 is 1.81 bits per heavy atom. The van der Waals surface area contributed by atoms with Crippen molar-refractivity contribution in [2.75, 3.05) is 0 Å². The summed E-state index contributed by atoms with van der Waals surface area (Å²) in [6.45, 7) is 8.48. The van der Waals surface area contributed by atoms with Crippen molar-refractivity contribution in [3.63, 3.8) is 0 Å². The van der Waals surface area contributed by atoms with Crippen LogP contribution in [0.15, 0.2) is 35.7 Å². The zero-order chi connectivity index (χ0) is 12.4. The molecule has 0 rings (SSSR count). The average molecular weight is 224 g/mol. The molecule has 92 valence electrons. The highest BCUT2D eigenvalue weighted by molar-refractivity contribution is 5.02.